The maximum Gasteiger partial charge on any atom is 0.251 e. The van der Waals surface area contributed by atoms with Crippen LogP contribution in [0.25, 0.3) is 0 Å². The lowest BCUT2D eigenvalue weighted by atomic mass is 10.0. The second-order valence-electron chi connectivity index (χ2n) is 7.04. The summed E-state index contributed by atoms with van der Waals surface area (Å²) < 4.78 is 10.7. The monoisotopic (exact) mass is 367 g/mol. The first-order valence-electron chi connectivity index (χ1n) is 9.36. The lowest BCUT2D eigenvalue weighted by Crippen LogP contribution is -2.48. The molecule has 0 radical (unpaired) electrons. The number of nitrogens with zero attached hydrogens (tertiary/aromatic N) is 2. The normalized spacial score (nSPS) is 18.3. The largest absolute Gasteiger partial charge is 0.454 e. The summed E-state index contributed by atoms with van der Waals surface area (Å²) in [6.07, 6.45) is 0. The van der Waals surface area contributed by atoms with Crippen LogP contribution in [-0.4, -0.2) is 62.3 Å². The molecular formula is C21H25N3O3. The number of nitrogens with one attached hydrogen (secondary N) is 1. The van der Waals surface area contributed by atoms with Gasteiger partial charge in [0.25, 0.3) is 5.91 Å². The Balaban J connectivity index is 1.46. The summed E-state index contributed by atoms with van der Waals surface area (Å²) in [5, 5.41) is 3.11. The molecule has 2 aromatic rings. The smallest absolute Gasteiger partial charge is 0.251 e. The van der Waals surface area contributed by atoms with E-state index in [1.807, 2.05) is 6.07 Å². The van der Waals surface area contributed by atoms with Gasteiger partial charge in [-0.15, -0.1) is 0 Å². The minimum absolute atomic E-state index is 0.0941. The Hall–Kier alpha value is -2.57. The summed E-state index contributed by atoms with van der Waals surface area (Å²) in [7, 11) is 2.15. The van der Waals surface area contributed by atoms with Crippen LogP contribution in [0.4, 0.5) is 0 Å². The van der Waals surface area contributed by atoms with E-state index in [0.29, 0.717) is 23.6 Å². The highest BCUT2D eigenvalue weighted by Gasteiger charge is 2.25. The summed E-state index contributed by atoms with van der Waals surface area (Å²) in [5.41, 5.74) is 1.82. The lowest BCUT2D eigenvalue weighted by molar-refractivity contribution is 0.0886. The molecule has 1 fully saturated rings. The zero-order chi connectivity index (χ0) is 18.6. The molecule has 2 aromatic carbocycles. The second kappa shape index (κ2) is 7.98. The number of carbonyl (C=O) groups excluding carboxylic acids is 1. The number of benzene rings is 2. The third-order valence-electron chi connectivity index (χ3n) is 5.25. The van der Waals surface area contributed by atoms with E-state index in [9.17, 15) is 4.79 Å². The van der Waals surface area contributed by atoms with Crippen molar-refractivity contribution in [1.82, 2.24) is 15.1 Å². The van der Waals surface area contributed by atoms with Crippen LogP contribution in [0.5, 0.6) is 11.5 Å². The number of likely N-dealkylation sites (N-methyl/N-ethyl adjacent to an activating group) is 1. The molecule has 2 aliphatic heterocycles. The molecule has 27 heavy (non-hydrogen) atoms. The van der Waals surface area contributed by atoms with Crippen molar-refractivity contribution in [3.05, 3.63) is 59.7 Å². The molecule has 6 nitrogen and oxygen atoms in total. The third kappa shape index (κ3) is 4.07. The van der Waals surface area contributed by atoms with Gasteiger partial charge in [-0.2, -0.15) is 0 Å². The van der Waals surface area contributed by atoms with Gasteiger partial charge >= 0.3 is 0 Å². The Labute approximate surface area is 159 Å². The Bertz CT molecular complexity index is 789. The molecule has 142 valence electrons. The molecule has 1 N–H and O–H groups in total. The van der Waals surface area contributed by atoms with Gasteiger partial charge in [-0.1, -0.05) is 30.3 Å². The zero-order valence-corrected chi connectivity index (χ0v) is 15.6. The SMILES string of the molecule is CN1CCN(C(CNC(=O)c2ccc3c(c2)OCO3)c2ccccc2)CC1. The highest BCUT2D eigenvalue weighted by molar-refractivity contribution is 5.95. The molecule has 2 aliphatic rings. The summed E-state index contributed by atoms with van der Waals surface area (Å²) >= 11 is 0. The van der Waals surface area contributed by atoms with Crippen LogP contribution in [0.15, 0.2) is 48.5 Å². The number of ether oxygens (including phenoxy) is 2. The predicted molar refractivity (Wildman–Crippen MR) is 103 cm³/mol. The fourth-order valence-corrected chi connectivity index (χ4v) is 3.60. The van der Waals surface area contributed by atoms with Gasteiger partial charge in [0.1, 0.15) is 0 Å². The predicted octanol–water partition coefficient (Wildman–Crippen LogP) is 2.13. The van der Waals surface area contributed by atoms with E-state index in [4.69, 9.17) is 9.47 Å². The van der Waals surface area contributed by atoms with Crippen LogP contribution in [0, 0.1) is 0 Å². The Morgan fingerprint density at radius 3 is 2.56 bits per heavy atom. The van der Waals surface area contributed by atoms with Crippen molar-refractivity contribution < 1.29 is 14.3 Å². The minimum Gasteiger partial charge on any atom is -0.454 e. The maximum absolute atomic E-state index is 12.7. The van der Waals surface area contributed by atoms with Gasteiger partial charge in [-0.05, 0) is 30.8 Å². The van der Waals surface area contributed by atoms with Crippen molar-refractivity contribution in [3.63, 3.8) is 0 Å². The summed E-state index contributed by atoms with van der Waals surface area (Å²) in [6.45, 7) is 4.85. The molecule has 1 atom stereocenters. The van der Waals surface area contributed by atoms with E-state index in [2.05, 4.69) is 46.4 Å². The van der Waals surface area contributed by atoms with E-state index in [-0.39, 0.29) is 18.7 Å². The average Bonchev–Trinajstić information content (AvgIpc) is 3.18. The van der Waals surface area contributed by atoms with Crippen molar-refractivity contribution in [2.75, 3.05) is 46.6 Å². The van der Waals surface area contributed by atoms with Crippen molar-refractivity contribution in [3.8, 4) is 11.5 Å². The van der Waals surface area contributed by atoms with Gasteiger partial charge in [0, 0.05) is 38.3 Å². The van der Waals surface area contributed by atoms with Gasteiger partial charge in [-0.3, -0.25) is 9.69 Å². The third-order valence-corrected chi connectivity index (χ3v) is 5.25. The fraction of sp³-hybridized carbons (Fsp3) is 0.381. The quantitative estimate of drug-likeness (QED) is 0.878. The molecule has 0 saturated carbocycles. The highest BCUT2D eigenvalue weighted by Crippen LogP contribution is 2.32. The lowest BCUT2D eigenvalue weighted by Gasteiger charge is -2.38. The molecule has 0 aliphatic carbocycles. The molecule has 4 rings (SSSR count). The van der Waals surface area contributed by atoms with Crippen LogP contribution in [0.3, 0.4) is 0 Å². The zero-order valence-electron chi connectivity index (χ0n) is 15.6. The van der Waals surface area contributed by atoms with Crippen LogP contribution in [0.2, 0.25) is 0 Å². The van der Waals surface area contributed by atoms with Crippen molar-refractivity contribution in [2.24, 2.45) is 0 Å². The van der Waals surface area contributed by atoms with Gasteiger partial charge in [0.15, 0.2) is 11.5 Å². The van der Waals surface area contributed by atoms with Gasteiger partial charge in [0.2, 0.25) is 6.79 Å². The fourth-order valence-electron chi connectivity index (χ4n) is 3.60. The summed E-state index contributed by atoms with van der Waals surface area (Å²) in [4.78, 5) is 17.5. The van der Waals surface area contributed by atoms with Gasteiger partial charge in [0.05, 0.1) is 6.04 Å². The molecule has 2 heterocycles. The number of piperazine rings is 1. The summed E-state index contributed by atoms with van der Waals surface area (Å²) in [6, 6.07) is 15.9. The first-order valence-corrected chi connectivity index (χ1v) is 9.36. The van der Waals surface area contributed by atoms with Crippen LogP contribution in [0.1, 0.15) is 22.0 Å². The first kappa shape index (κ1) is 17.8. The molecule has 0 spiro atoms. The number of carbonyl (C=O) groups is 1. The van der Waals surface area contributed by atoms with E-state index in [0.717, 1.165) is 26.2 Å². The van der Waals surface area contributed by atoms with Crippen LogP contribution in [-0.2, 0) is 0 Å². The van der Waals surface area contributed by atoms with E-state index in [1.54, 1.807) is 18.2 Å². The van der Waals surface area contributed by atoms with Crippen molar-refractivity contribution in [1.29, 1.82) is 0 Å². The Morgan fingerprint density at radius 2 is 1.78 bits per heavy atom. The number of fused-ring (bicyclic) bond motifs is 1. The molecular weight excluding hydrogens is 342 g/mol. The Kier molecular flexibility index (Phi) is 5.27. The van der Waals surface area contributed by atoms with Gasteiger partial charge in [-0.25, -0.2) is 0 Å². The highest BCUT2D eigenvalue weighted by atomic mass is 16.7. The van der Waals surface area contributed by atoms with Crippen molar-refractivity contribution >= 4 is 5.91 Å². The number of amides is 1. The van der Waals surface area contributed by atoms with E-state index >= 15 is 0 Å². The Morgan fingerprint density at radius 1 is 1.04 bits per heavy atom. The molecule has 1 amide bonds. The maximum atomic E-state index is 12.7. The topological polar surface area (TPSA) is 54.0 Å². The van der Waals surface area contributed by atoms with Crippen LogP contribution < -0.4 is 14.8 Å². The average molecular weight is 367 g/mol. The first-order chi connectivity index (χ1) is 13.2. The standard InChI is InChI=1S/C21H25N3O3/c1-23-9-11-24(12-10-23)18(16-5-3-2-4-6-16)14-22-21(25)17-7-8-19-20(13-17)27-15-26-19/h2-8,13,18H,9-12,14-15H2,1H3,(H,22,25). The molecule has 6 heteroatoms. The van der Waals surface area contributed by atoms with E-state index in [1.165, 1.54) is 5.56 Å². The summed E-state index contributed by atoms with van der Waals surface area (Å²) in [5.74, 6) is 1.22. The number of hydrogen-bond donors (Lipinski definition) is 1. The van der Waals surface area contributed by atoms with Crippen LogP contribution >= 0.6 is 0 Å². The minimum atomic E-state index is -0.0941. The molecule has 0 bridgehead atoms. The van der Waals surface area contributed by atoms with Crippen molar-refractivity contribution in [2.45, 2.75) is 6.04 Å². The van der Waals surface area contributed by atoms with E-state index < -0.39 is 0 Å². The number of hydrogen-bond acceptors (Lipinski definition) is 5. The molecule has 1 saturated heterocycles. The second-order valence-corrected chi connectivity index (χ2v) is 7.04. The number of rotatable bonds is 5. The molecule has 1 unspecified atom stereocenters. The molecule has 0 aromatic heterocycles. The van der Waals surface area contributed by atoms with Gasteiger partial charge < -0.3 is 19.7 Å².